The van der Waals surface area contributed by atoms with Crippen LogP contribution in [0.25, 0.3) is 5.69 Å². The van der Waals surface area contributed by atoms with E-state index in [1.165, 1.54) is 4.90 Å². The monoisotopic (exact) mass is 480 g/mol. The summed E-state index contributed by atoms with van der Waals surface area (Å²) in [5.41, 5.74) is 11.7. The van der Waals surface area contributed by atoms with Crippen LogP contribution in [0.2, 0.25) is 0 Å². The van der Waals surface area contributed by atoms with Crippen molar-refractivity contribution in [1.29, 1.82) is 0 Å². The zero-order valence-electron chi connectivity index (χ0n) is 20.3. The van der Waals surface area contributed by atoms with Crippen LogP contribution < -0.4 is 5.73 Å². The first-order valence-corrected chi connectivity index (χ1v) is 11.9. The number of anilines is 1. The van der Waals surface area contributed by atoms with Crippen molar-refractivity contribution in [2.75, 3.05) is 5.73 Å². The average molecular weight is 481 g/mol. The van der Waals surface area contributed by atoms with Crippen LogP contribution in [0.3, 0.4) is 0 Å². The number of nitrogens with zero attached hydrogens (tertiary/aromatic N) is 3. The Bertz CT molecular complexity index is 1390. The molecule has 3 aromatic carbocycles. The number of imidazole rings is 1. The molecular formula is C29H28N4O3. The van der Waals surface area contributed by atoms with Crippen LogP contribution in [0.4, 0.5) is 5.69 Å². The lowest BCUT2D eigenvalue weighted by Crippen LogP contribution is -2.50. The van der Waals surface area contributed by atoms with E-state index in [1.54, 1.807) is 0 Å². The second kappa shape index (κ2) is 9.34. The van der Waals surface area contributed by atoms with E-state index in [-0.39, 0.29) is 18.9 Å². The van der Waals surface area contributed by atoms with Gasteiger partial charge in [0, 0.05) is 17.8 Å². The largest absolute Gasteiger partial charge is 0.480 e. The molecule has 0 fully saturated rings. The van der Waals surface area contributed by atoms with Gasteiger partial charge in [-0.05, 0) is 48.7 Å². The molecule has 4 aromatic rings. The van der Waals surface area contributed by atoms with Crippen molar-refractivity contribution in [3.63, 3.8) is 0 Å². The van der Waals surface area contributed by atoms with Gasteiger partial charge in [0.25, 0.3) is 0 Å². The molecule has 7 nitrogen and oxygen atoms in total. The highest BCUT2D eigenvalue weighted by atomic mass is 16.4. The topological polar surface area (TPSA) is 101 Å². The lowest BCUT2D eigenvalue weighted by atomic mass is 9.88. The van der Waals surface area contributed by atoms with Gasteiger partial charge >= 0.3 is 5.97 Å². The first kappa shape index (κ1) is 23.4. The second-order valence-electron chi connectivity index (χ2n) is 9.21. The van der Waals surface area contributed by atoms with E-state index in [1.807, 2.05) is 97.3 Å². The maximum atomic E-state index is 14.1. The van der Waals surface area contributed by atoms with Gasteiger partial charge in [-0.15, -0.1) is 0 Å². The van der Waals surface area contributed by atoms with Crippen LogP contribution in [0.5, 0.6) is 0 Å². The number of rotatable bonds is 5. The lowest BCUT2D eigenvalue weighted by molar-refractivity contribution is -0.151. The molecule has 1 atom stereocenters. The standard InChI is InChI=1S/C29H28N4O3/c1-18-15-22(13-14-23(18)30)33-19(2)31-24-17-32(26(29(35)36)16-25(24)33)28(34)27(20-9-5-3-6-10-20)21-11-7-4-8-12-21/h3-15,26-27H,16-17,30H2,1-2H3,(H,35,36). The van der Waals surface area contributed by atoms with Gasteiger partial charge in [0.15, 0.2) is 0 Å². The summed E-state index contributed by atoms with van der Waals surface area (Å²) >= 11 is 0. The quantitative estimate of drug-likeness (QED) is 0.416. The van der Waals surface area contributed by atoms with Gasteiger partial charge in [0.1, 0.15) is 11.9 Å². The van der Waals surface area contributed by atoms with Gasteiger partial charge in [0.05, 0.1) is 23.9 Å². The van der Waals surface area contributed by atoms with E-state index in [0.717, 1.165) is 33.9 Å². The van der Waals surface area contributed by atoms with Crippen LogP contribution in [0.1, 0.15) is 39.8 Å². The fourth-order valence-electron chi connectivity index (χ4n) is 5.06. The highest BCUT2D eigenvalue weighted by Gasteiger charge is 2.40. The van der Waals surface area contributed by atoms with E-state index < -0.39 is 17.9 Å². The molecule has 1 aliphatic rings. The molecule has 7 heteroatoms. The lowest BCUT2D eigenvalue weighted by Gasteiger charge is -2.35. The van der Waals surface area contributed by atoms with Crippen LogP contribution in [-0.2, 0) is 22.6 Å². The molecular weight excluding hydrogens is 452 g/mol. The number of carboxylic acids is 1. The molecule has 1 aliphatic heterocycles. The molecule has 0 spiro atoms. The SMILES string of the molecule is Cc1cc(-n2c(C)nc3c2CC(C(=O)O)N(C(=O)C(c2ccccc2)c2ccccc2)C3)ccc1N. The Morgan fingerprint density at radius 1 is 0.972 bits per heavy atom. The van der Waals surface area contributed by atoms with Crippen LogP contribution >= 0.6 is 0 Å². The third kappa shape index (κ3) is 4.13. The number of aromatic nitrogens is 2. The molecule has 3 N–H and O–H groups in total. The number of benzene rings is 3. The minimum atomic E-state index is -1.03. The summed E-state index contributed by atoms with van der Waals surface area (Å²) in [5.74, 6) is -1.15. The van der Waals surface area contributed by atoms with Crippen molar-refractivity contribution >= 4 is 17.6 Å². The van der Waals surface area contributed by atoms with Crippen LogP contribution in [0.15, 0.2) is 78.9 Å². The van der Waals surface area contributed by atoms with Crippen molar-refractivity contribution in [3.8, 4) is 5.69 Å². The van der Waals surface area contributed by atoms with Gasteiger partial charge in [-0.1, -0.05) is 60.7 Å². The molecule has 0 saturated carbocycles. The van der Waals surface area contributed by atoms with Crippen molar-refractivity contribution in [2.45, 2.75) is 38.8 Å². The number of fused-ring (bicyclic) bond motifs is 1. The molecule has 0 radical (unpaired) electrons. The summed E-state index contributed by atoms with van der Waals surface area (Å²) < 4.78 is 1.98. The zero-order chi connectivity index (χ0) is 25.4. The third-order valence-corrected chi connectivity index (χ3v) is 6.90. The smallest absolute Gasteiger partial charge is 0.326 e. The number of hydrogen-bond acceptors (Lipinski definition) is 4. The predicted molar refractivity (Wildman–Crippen MR) is 138 cm³/mol. The normalized spacial score (nSPS) is 15.1. The molecule has 0 saturated heterocycles. The zero-order valence-corrected chi connectivity index (χ0v) is 20.3. The molecule has 1 aromatic heterocycles. The fourth-order valence-corrected chi connectivity index (χ4v) is 5.06. The number of carbonyl (C=O) groups excluding carboxylic acids is 1. The van der Waals surface area contributed by atoms with Gasteiger partial charge in [-0.2, -0.15) is 0 Å². The third-order valence-electron chi connectivity index (χ3n) is 6.90. The number of aliphatic carboxylic acids is 1. The first-order chi connectivity index (χ1) is 17.3. The summed E-state index contributed by atoms with van der Waals surface area (Å²) in [7, 11) is 0. The van der Waals surface area contributed by atoms with Crippen molar-refractivity contribution in [1.82, 2.24) is 14.5 Å². The van der Waals surface area contributed by atoms with Crippen molar-refractivity contribution in [2.24, 2.45) is 0 Å². The van der Waals surface area contributed by atoms with Gasteiger partial charge in [0.2, 0.25) is 5.91 Å². The van der Waals surface area contributed by atoms with E-state index in [2.05, 4.69) is 0 Å². The number of nitrogens with two attached hydrogens (primary N) is 1. The minimum Gasteiger partial charge on any atom is -0.480 e. The van der Waals surface area contributed by atoms with E-state index in [9.17, 15) is 14.7 Å². The molecule has 1 amide bonds. The van der Waals surface area contributed by atoms with E-state index in [0.29, 0.717) is 11.4 Å². The van der Waals surface area contributed by atoms with Crippen molar-refractivity contribution in [3.05, 3.63) is 113 Å². The summed E-state index contributed by atoms with van der Waals surface area (Å²) in [6.45, 7) is 3.96. The Morgan fingerprint density at radius 2 is 1.58 bits per heavy atom. The molecule has 1 unspecified atom stereocenters. The Labute approximate surface area is 209 Å². The first-order valence-electron chi connectivity index (χ1n) is 11.9. The molecule has 2 heterocycles. The molecule has 36 heavy (non-hydrogen) atoms. The van der Waals surface area contributed by atoms with Crippen molar-refractivity contribution < 1.29 is 14.7 Å². The Balaban J connectivity index is 1.57. The molecule has 0 bridgehead atoms. The Kier molecular flexibility index (Phi) is 6.06. The summed E-state index contributed by atoms with van der Waals surface area (Å²) in [5, 5.41) is 10.2. The van der Waals surface area contributed by atoms with Gasteiger partial charge in [-0.25, -0.2) is 9.78 Å². The van der Waals surface area contributed by atoms with Gasteiger partial charge in [-0.3, -0.25) is 4.79 Å². The highest BCUT2D eigenvalue weighted by Crippen LogP contribution is 2.33. The van der Waals surface area contributed by atoms with Gasteiger partial charge < -0.3 is 20.3 Å². The van der Waals surface area contributed by atoms with E-state index >= 15 is 0 Å². The molecule has 5 rings (SSSR count). The number of carboxylic acid groups (broad SMARTS) is 1. The van der Waals surface area contributed by atoms with E-state index in [4.69, 9.17) is 10.7 Å². The number of hydrogen-bond donors (Lipinski definition) is 2. The second-order valence-corrected chi connectivity index (χ2v) is 9.21. The Morgan fingerprint density at radius 3 is 2.14 bits per heavy atom. The number of nitrogen functional groups attached to an aromatic ring is 1. The van der Waals surface area contributed by atoms with Crippen LogP contribution in [-0.4, -0.2) is 37.5 Å². The number of carbonyl (C=O) groups is 2. The summed E-state index contributed by atoms with van der Waals surface area (Å²) in [4.78, 5) is 32.8. The average Bonchev–Trinajstić information content (AvgIpc) is 3.21. The number of aryl methyl sites for hydroxylation is 2. The molecule has 182 valence electrons. The summed E-state index contributed by atoms with van der Waals surface area (Å²) in [6.07, 6.45) is 0.164. The maximum Gasteiger partial charge on any atom is 0.326 e. The predicted octanol–water partition coefficient (Wildman–Crippen LogP) is 4.24. The highest BCUT2D eigenvalue weighted by molar-refractivity contribution is 5.91. The summed E-state index contributed by atoms with van der Waals surface area (Å²) in [6, 6.07) is 23.7. The Hall–Kier alpha value is -4.39. The molecule has 0 aliphatic carbocycles. The minimum absolute atomic E-state index is 0.128. The fraction of sp³-hybridized carbons (Fsp3) is 0.207. The number of amides is 1. The maximum absolute atomic E-state index is 14.1. The van der Waals surface area contributed by atoms with Crippen LogP contribution in [0, 0.1) is 13.8 Å².